The number of para-hydroxylation sites is 1. The van der Waals surface area contributed by atoms with Crippen molar-refractivity contribution in [1.82, 2.24) is 0 Å². The SMILES string of the molecule is Cc1ccc(C)c(NC(=O)Nc2ccccc2C(C)(C)C)c1. The van der Waals surface area contributed by atoms with Crippen molar-refractivity contribution < 1.29 is 4.79 Å². The Morgan fingerprint density at radius 2 is 1.55 bits per heavy atom. The van der Waals surface area contributed by atoms with Crippen molar-refractivity contribution in [2.75, 3.05) is 10.6 Å². The third kappa shape index (κ3) is 3.88. The van der Waals surface area contributed by atoms with E-state index in [1.54, 1.807) is 0 Å². The van der Waals surface area contributed by atoms with Crippen molar-refractivity contribution in [2.45, 2.75) is 40.0 Å². The van der Waals surface area contributed by atoms with Gasteiger partial charge >= 0.3 is 6.03 Å². The Morgan fingerprint density at radius 3 is 2.23 bits per heavy atom. The third-order valence-corrected chi connectivity index (χ3v) is 3.62. The van der Waals surface area contributed by atoms with Gasteiger partial charge in [0.05, 0.1) is 0 Å². The molecule has 0 heterocycles. The Balaban J connectivity index is 2.18. The fourth-order valence-corrected chi connectivity index (χ4v) is 2.39. The molecule has 2 amide bonds. The van der Waals surface area contributed by atoms with Gasteiger partial charge in [-0.05, 0) is 48.1 Å². The van der Waals surface area contributed by atoms with Crippen molar-refractivity contribution in [3.05, 3.63) is 59.2 Å². The molecule has 22 heavy (non-hydrogen) atoms. The second-order valence-electron chi connectivity index (χ2n) is 6.69. The summed E-state index contributed by atoms with van der Waals surface area (Å²) >= 11 is 0. The molecule has 0 unspecified atom stereocenters. The van der Waals surface area contributed by atoms with Crippen LogP contribution in [0.3, 0.4) is 0 Å². The van der Waals surface area contributed by atoms with Gasteiger partial charge in [-0.2, -0.15) is 0 Å². The molecule has 0 fully saturated rings. The van der Waals surface area contributed by atoms with Crippen LogP contribution in [-0.4, -0.2) is 6.03 Å². The van der Waals surface area contributed by atoms with Crippen molar-refractivity contribution in [2.24, 2.45) is 0 Å². The van der Waals surface area contributed by atoms with Crippen molar-refractivity contribution in [1.29, 1.82) is 0 Å². The molecule has 0 aromatic heterocycles. The summed E-state index contributed by atoms with van der Waals surface area (Å²) in [4.78, 5) is 12.3. The number of benzene rings is 2. The van der Waals surface area contributed by atoms with Crippen LogP contribution >= 0.6 is 0 Å². The molecule has 0 saturated heterocycles. The molecular formula is C19H24N2O. The molecule has 0 radical (unpaired) electrons. The van der Waals surface area contributed by atoms with Crippen LogP contribution in [0.4, 0.5) is 16.2 Å². The molecular weight excluding hydrogens is 272 g/mol. The van der Waals surface area contributed by atoms with Gasteiger partial charge in [0.25, 0.3) is 0 Å². The first-order valence-electron chi connectivity index (χ1n) is 7.52. The first-order valence-corrected chi connectivity index (χ1v) is 7.52. The number of anilines is 2. The van der Waals surface area contributed by atoms with Gasteiger partial charge in [-0.3, -0.25) is 0 Å². The lowest BCUT2D eigenvalue weighted by Gasteiger charge is -2.23. The lowest BCUT2D eigenvalue weighted by atomic mass is 9.86. The number of nitrogens with one attached hydrogen (secondary N) is 2. The summed E-state index contributed by atoms with van der Waals surface area (Å²) in [5.41, 5.74) is 4.94. The van der Waals surface area contributed by atoms with Crippen LogP contribution < -0.4 is 10.6 Å². The van der Waals surface area contributed by atoms with E-state index in [0.29, 0.717) is 0 Å². The average molecular weight is 296 g/mol. The van der Waals surface area contributed by atoms with Crippen LogP contribution in [0, 0.1) is 13.8 Å². The molecule has 2 rings (SSSR count). The van der Waals surface area contributed by atoms with E-state index in [1.807, 2.05) is 56.3 Å². The van der Waals surface area contributed by atoms with Crippen molar-refractivity contribution in [3.8, 4) is 0 Å². The normalized spacial score (nSPS) is 11.1. The molecule has 3 heteroatoms. The summed E-state index contributed by atoms with van der Waals surface area (Å²) in [6.07, 6.45) is 0. The lowest BCUT2D eigenvalue weighted by Crippen LogP contribution is -2.23. The molecule has 3 nitrogen and oxygen atoms in total. The highest BCUT2D eigenvalue weighted by molar-refractivity contribution is 6.00. The van der Waals surface area contributed by atoms with Crippen LogP contribution in [-0.2, 0) is 5.41 Å². The van der Waals surface area contributed by atoms with Gasteiger partial charge in [0.15, 0.2) is 0 Å². The van der Waals surface area contributed by atoms with E-state index < -0.39 is 0 Å². The third-order valence-electron chi connectivity index (χ3n) is 3.62. The number of rotatable bonds is 2. The first-order chi connectivity index (χ1) is 10.3. The fraction of sp³-hybridized carbons (Fsp3) is 0.316. The summed E-state index contributed by atoms with van der Waals surface area (Å²) in [6.45, 7) is 10.4. The van der Waals surface area contributed by atoms with E-state index in [1.165, 1.54) is 0 Å². The van der Waals surface area contributed by atoms with Gasteiger partial charge in [-0.1, -0.05) is 51.1 Å². The number of carbonyl (C=O) groups is 1. The maximum atomic E-state index is 12.3. The Bertz CT molecular complexity index is 684. The Labute approximate surface area is 132 Å². The topological polar surface area (TPSA) is 41.1 Å². The van der Waals surface area contributed by atoms with E-state index in [4.69, 9.17) is 0 Å². The number of hydrogen-bond acceptors (Lipinski definition) is 1. The van der Waals surface area contributed by atoms with Crippen LogP contribution in [0.5, 0.6) is 0 Å². The zero-order valence-electron chi connectivity index (χ0n) is 13.9. The van der Waals surface area contributed by atoms with Gasteiger partial charge in [-0.15, -0.1) is 0 Å². The standard InChI is InChI=1S/C19H24N2O/c1-13-10-11-14(2)17(12-13)21-18(22)20-16-9-7-6-8-15(16)19(3,4)5/h6-12H,1-5H3,(H2,20,21,22). The molecule has 2 aromatic carbocycles. The summed E-state index contributed by atoms with van der Waals surface area (Å²) < 4.78 is 0. The largest absolute Gasteiger partial charge is 0.323 e. The lowest BCUT2D eigenvalue weighted by molar-refractivity contribution is 0.262. The van der Waals surface area contributed by atoms with Gasteiger partial charge in [-0.25, -0.2) is 4.79 Å². The Morgan fingerprint density at radius 1 is 0.909 bits per heavy atom. The fourth-order valence-electron chi connectivity index (χ4n) is 2.39. The van der Waals surface area contributed by atoms with E-state index in [9.17, 15) is 4.79 Å². The average Bonchev–Trinajstić information content (AvgIpc) is 2.42. The van der Waals surface area contributed by atoms with E-state index >= 15 is 0 Å². The van der Waals surface area contributed by atoms with Gasteiger partial charge in [0, 0.05) is 11.4 Å². The molecule has 2 N–H and O–H groups in total. The van der Waals surface area contributed by atoms with Gasteiger partial charge in [0.1, 0.15) is 0 Å². The summed E-state index contributed by atoms with van der Waals surface area (Å²) in [5.74, 6) is 0. The van der Waals surface area contributed by atoms with Crippen LogP contribution in [0.15, 0.2) is 42.5 Å². The highest BCUT2D eigenvalue weighted by atomic mass is 16.2. The van der Waals surface area contributed by atoms with Crippen LogP contribution in [0.1, 0.15) is 37.5 Å². The summed E-state index contributed by atoms with van der Waals surface area (Å²) in [6, 6.07) is 13.7. The summed E-state index contributed by atoms with van der Waals surface area (Å²) in [7, 11) is 0. The zero-order chi connectivity index (χ0) is 16.3. The predicted octanol–water partition coefficient (Wildman–Crippen LogP) is 5.24. The second-order valence-corrected chi connectivity index (χ2v) is 6.69. The predicted molar refractivity (Wildman–Crippen MR) is 93.7 cm³/mol. The highest BCUT2D eigenvalue weighted by Gasteiger charge is 2.18. The molecule has 2 aromatic rings. The molecule has 0 saturated carbocycles. The molecule has 0 atom stereocenters. The summed E-state index contributed by atoms with van der Waals surface area (Å²) in [5, 5.41) is 5.89. The molecule has 0 aliphatic rings. The minimum atomic E-state index is -0.217. The number of hydrogen-bond donors (Lipinski definition) is 2. The minimum Gasteiger partial charge on any atom is -0.307 e. The quantitative estimate of drug-likeness (QED) is 0.781. The molecule has 116 valence electrons. The van der Waals surface area contributed by atoms with Crippen molar-refractivity contribution in [3.63, 3.8) is 0 Å². The number of urea groups is 1. The first kappa shape index (κ1) is 16.1. The maximum Gasteiger partial charge on any atom is 0.323 e. The molecule has 0 aliphatic heterocycles. The zero-order valence-corrected chi connectivity index (χ0v) is 13.9. The molecule has 0 bridgehead atoms. The molecule has 0 spiro atoms. The van der Waals surface area contributed by atoms with E-state index in [2.05, 4.69) is 31.4 Å². The van der Waals surface area contributed by atoms with Gasteiger partial charge < -0.3 is 10.6 Å². The second kappa shape index (κ2) is 6.22. The van der Waals surface area contributed by atoms with E-state index in [-0.39, 0.29) is 11.4 Å². The van der Waals surface area contributed by atoms with Crippen LogP contribution in [0.2, 0.25) is 0 Å². The molecule has 0 aliphatic carbocycles. The smallest absolute Gasteiger partial charge is 0.307 e. The minimum absolute atomic E-state index is 0.0247. The number of carbonyl (C=O) groups excluding carboxylic acids is 1. The van der Waals surface area contributed by atoms with Crippen molar-refractivity contribution >= 4 is 17.4 Å². The Kier molecular flexibility index (Phi) is 4.55. The highest BCUT2D eigenvalue weighted by Crippen LogP contribution is 2.29. The van der Waals surface area contributed by atoms with E-state index in [0.717, 1.165) is 28.1 Å². The van der Waals surface area contributed by atoms with Gasteiger partial charge in [0.2, 0.25) is 0 Å². The Hall–Kier alpha value is -2.29. The monoisotopic (exact) mass is 296 g/mol. The number of aryl methyl sites for hydroxylation is 2. The number of amides is 2. The maximum absolute atomic E-state index is 12.3. The van der Waals surface area contributed by atoms with Crippen LogP contribution in [0.25, 0.3) is 0 Å².